The van der Waals surface area contributed by atoms with E-state index in [1.54, 1.807) is 23.3 Å². The molecule has 0 bridgehead atoms. The lowest BCUT2D eigenvalue weighted by Crippen LogP contribution is -2.37. The fourth-order valence-electron chi connectivity index (χ4n) is 4.19. The van der Waals surface area contributed by atoms with Gasteiger partial charge in [-0.2, -0.15) is 0 Å². The molecule has 2 amide bonds. The highest BCUT2D eigenvalue weighted by Crippen LogP contribution is 2.47. The van der Waals surface area contributed by atoms with Gasteiger partial charge in [0.2, 0.25) is 5.91 Å². The number of halogens is 1. The van der Waals surface area contributed by atoms with E-state index in [1.807, 2.05) is 67.6 Å². The third kappa shape index (κ3) is 2.98. The Morgan fingerprint density at radius 2 is 1.57 bits per heavy atom. The number of amides is 2. The summed E-state index contributed by atoms with van der Waals surface area (Å²) in [5.74, 6) is -1.28. The summed E-state index contributed by atoms with van der Waals surface area (Å²) in [6.07, 6.45) is -0.886. The van der Waals surface area contributed by atoms with E-state index in [0.717, 1.165) is 16.8 Å². The number of rotatable bonds is 3. The van der Waals surface area contributed by atoms with Gasteiger partial charge in [0.15, 0.2) is 6.10 Å². The highest BCUT2D eigenvalue weighted by molar-refractivity contribution is 6.30. The Bertz CT molecular complexity index is 1120. The van der Waals surface area contributed by atoms with Crippen LogP contribution in [0.3, 0.4) is 0 Å². The molecule has 0 aromatic heterocycles. The van der Waals surface area contributed by atoms with E-state index >= 15 is 0 Å². The molecule has 2 heterocycles. The first-order chi connectivity index (χ1) is 14.5. The zero-order valence-corrected chi connectivity index (χ0v) is 17.0. The Hall–Kier alpha value is -3.15. The molecule has 3 atom stereocenters. The molecule has 150 valence electrons. The van der Waals surface area contributed by atoms with Crippen LogP contribution >= 0.6 is 11.6 Å². The fraction of sp³-hybridized carbons (Fsp3) is 0.167. The number of imide groups is 1. The number of carbonyl (C=O) groups is 2. The summed E-state index contributed by atoms with van der Waals surface area (Å²) in [5.41, 5.74) is 3.22. The van der Waals surface area contributed by atoms with Gasteiger partial charge in [-0.15, -0.1) is 0 Å². The van der Waals surface area contributed by atoms with Crippen molar-refractivity contribution in [2.24, 2.45) is 5.92 Å². The molecule has 3 aromatic carbocycles. The number of hydrogen-bond acceptors (Lipinski definition) is 4. The lowest BCUT2D eigenvalue weighted by molar-refractivity contribution is -0.126. The van der Waals surface area contributed by atoms with E-state index in [2.05, 4.69) is 0 Å². The van der Waals surface area contributed by atoms with E-state index in [-0.39, 0.29) is 11.8 Å². The lowest BCUT2D eigenvalue weighted by Gasteiger charge is -2.28. The monoisotopic (exact) mass is 418 g/mol. The van der Waals surface area contributed by atoms with Crippen LogP contribution in [0.5, 0.6) is 0 Å². The number of hydroxylamine groups is 1. The molecule has 2 fully saturated rings. The molecule has 30 heavy (non-hydrogen) atoms. The fourth-order valence-corrected chi connectivity index (χ4v) is 4.39. The summed E-state index contributed by atoms with van der Waals surface area (Å²) >= 11 is 6.24. The highest BCUT2D eigenvalue weighted by Gasteiger charge is 2.60. The maximum atomic E-state index is 13.5. The molecule has 5 nitrogen and oxygen atoms in total. The number of para-hydroxylation sites is 1. The van der Waals surface area contributed by atoms with E-state index in [1.165, 1.54) is 4.90 Å². The molecule has 0 saturated carbocycles. The second-order valence-electron chi connectivity index (χ2n) is 7.56. The minimum Gasteiger partial charge on any atom is -0.273 e. The molecule has 2 aliphatic rings. The molecule has 6 heteroatoms. The number of aryl methyl sites for hydroxylation is 1. The molecule has 2 saturated heterocycles. The van der Waals surface area contributed by atoms with E-state index in [0.29, 0.717) is 10.7 Å². The van der Waals surface area contributed by atoms with Gasteiger partial charge in [0.1, 0.15) is 5.92 Å². The van der Waals surface area contributed by atoms with Crippen LogP contribution in [0, 0.1) is 12.8 Å². The normalized spacial score (nSPS) is 23.2. The molecular formula is C24H19ClN2O3. The first-order valence-electron chi connectivity index (χ1n) is 9.75. The number of benzene rings is 3. The maximum Gasteiger partial charge on any atom is 0.266 e. The van der Waals surface area contributed by atoms with E-state index in [9.17, 15) is 9.59 Å². The van der Waals surface area contributed by atoms with Crippen LogP contribution in [0.4, 0.5) is 11.4 Å². The Kier molecular flexibility index (Phi) is 4.57. The molecule has 5 rings (SSSR count). The van der Waals surface area contributed by atoms with E-state index < -0.39 is 18.1 Å². The number of fused-ring (bicyclic) bond motifs is 1. The molecule has 0 spiro atoms. The van der Waals surface area contributed by atoms with Gasteiger partial charge in [-0.3, -0.25) is 14.4 Å². The molecule has 3 aromatic rings. The number of hydrogen-bond donors (Lipinski definition) is 0. The maximum absolute atomic E-state index is 13.5. The van der Waals surface area contributed by atoms with Crippen molar-refractivity contribution in [2.75, 3.05) is 9.96 Å². The third-order valence-electron chi connectivity index (χ3n) is 5.61. The average molecular weight is 419 g/mol. The topological polar surface area (TPSA) is 49.9 Å². The third-order valence-corrected chi connectivity index (χ3v) is 5.84. The summed E-state index contributed by atoms with van der Waals surface area (Å²) < 4.78 is 0. The Labute approximate surface area is 179 Å². The van der Waals surface area contributed by atoms with Crippen molar-refractivity contribution >= 4 is 34.8 Å². The van der Waals surface area contributed by atoms with Gasteiger partial charge in [-0.1, -0.05) is 59.6 Å². The van der Waals surface area contributed by atoms with Crippen molar-refractivity contribution < 1.29 is 14.4 Å². The second-order valence-corrected chi connectivity index (χ2v) is 8.00. The number of anilines is 2. The highest BCUT2D eigenvalue weighted by atomic mass is 35.5. The van der Waals surface area contributed by atoms with Crippen LogP contribution in [0.2, 0.25) is 5.02 Å². The standard InChI is InChI=1S/C24H19ClN2O3/c1-15-10-12-18(13-11-15)26-23(28)20-21(16-6-5-7-17(25)14-16)27(30-22(20)24(26)29)19-8-3-2-4-9-19/h2-14,20-22H,1H3/t20-,21-,22+/m1/s1. The van der Waals surface area contributed by atoms with Crippen LogP contribution in [0.1, 0.15) is 17.2 Å². The molecule has 2 aliphatic heterocycles. The van der Waals surface area contributed by atoms with Crippen molar-refractivity contribution in [1.29, 1.82) is 0 Å². The zero-order chi connectivity index (χ0) is 20.8. The van der Waals surface area contributed by atoms with Gasteiger partial charge in [-0.25, -0.2) is 9.96 Å². The summed E-state index contributed by atoms with van der Waals surface area (Å²) in [6, 6.07) is 23.7. The smallest absolute Gasteiger partial charge is 0.266 e. The van der Waals surface area contributed by atoms with Crippen molar-refractivity contribution in [3.8, 4) is 0 Å². The van der Waals surface area contributed by atoms with Crippen molar-refractivity contribution in [1.82, 2.24) is 0 Å². The molecular weight excluding hydrogens is 400 g/mol. The van der Waals surface area contributed by atoms with Gasteiger partial charge in [-0.05, 0) is 48.9 Å². The predicted octanol–water partition coefficient (Wildman–Crippen LogP) is 4.70. The number of carbonyl (C=O) groups excluding carboxylic acids is 2. The summed E-state index contributed by atoms with van der Waals surface area (Å²) in [7, 11) is 0. The van der Waals surface area contributed by atoms with Gasteiger partial charge < -0.3 is 0 Å². The molecule has 0 radical (unpaired) electrons. The summed E-state index contributed by atoms with van der Waals surface area (Å²) in [4.78, 5) is 34.1. The van der Waals surface area contributed by atoms with Crippen molar-refractivity contribution in [3.63, 3.8) is 0 Å². The summed E-state index contributed by atoms with van der Waals surface area (Å²) in [6.45, 7) is 1.96. The van der Waals surface area contributed by atoms with Crippen molar-refractivity contribution in [2.45, 2.75) is 19.1 Å². The van der Waals surface area contributed by atoms with Crippen molar-refractivity contribution in [3.05, 3.63) is 95.0 Å². The van der Waals surface area contributed by atoms with Crippen LogP contribution < -0.4 is 9.96 Å². The van der Waals surface area contributed by atoms with Crippen LogP contribution in [0.15, 0.2) is 78.9 Å². The minimum atomic E-state index is -0.886. The van der Waals surface area contributed by atoms with E-state index in [4.69, 9.17) is 16.4 Å². The van der Waals surface area contributed by atoms with Crippen LogP contribution in [-0.2, 0) is 14.4 Å². The largest absolute Gasteiger partial charge is 0.273 e. The predicted molar refractivity (Wildman–Crippen MR) is 115 cm³/mol. The Morgan fingerprint density at radius 3 is 2.27 bits per heavy atom. The molecule has 0 unspecified atom stereocenters. The Balaban J connectivity index is 1.59. The second kappa shape index (κ2) is 7.27. The van der Waals surface area contributed by atoms with Gasteiger partial charge in [0, 0.05) is 5.02 Å². The van der Waals surface area contributed by atoms with Gasteiger partial charge in [0.25, 0.3) is 5.91 Å². The lowest BCUT2D eigenvalue weighted by atomic mass is 9.90. The zero-order valence-electron chi connectivity index (χ0n) is 16.2. The summed E-state index contributed by atoms with van der Waals surface area (Å²) in [5, 5.41) is 2.24. The molecule has 0 N–H and O–H groups in total. The first kappa shape index (κ1) is 18.9. The van der Waals surface area contributed by atoms with Crippen LogP contribution in [-0.4, -0.2) is 17.9 Å². The SMILES string of the molecule is Cc1ccc(N2C(=O)[C@H]3[C@H](ON(c4ccccc4)[C@@H]3c3cccc(Cl)c3)C2=O)cc1. The first-order valence-corrected chi connectivity index (χ1v) is 10.1. The average Bonchev–Trinajstić information content (AvgIpc) is 3.26. The van der Waals surface area contributed by atoms with Crippen LogP contribution in [0.25, 0.3) is 0 Å². The Morgan fingerprint density at radius 1 is 0.833 bits per heavy atom. The quantitative estimate of drug-likeness (QED) is 0.578. The minimum absolute atomic E-state index is 0.266. The van der Waals surface area contributed by atoms with Gasteiger partial charge in [0.05, 0.1) is 17.4 Å². The van der Waals surface area contributed by atoms with Gasteiger partial charge >= 0.3 is 0 Å². The molecule has 0 aliphatic carbocycles. The number of nitrogens with zero attached hydrogens (tertiary/aromatic N) is 2.